The van der Waals surface area contributed by atoms with Crippen LogP contribution in [-0.2, 0) is 6.54 Å². The van der Waals surface area contributed by atoms with E-state index in [1.165, 1.54) is 5.56 Å². The number of nitrogens with zero attached hydrogens (tertiary/aromatic N) is 3. The summed E-state index contributed by atoms with van der Waals surface area (Å²) < 4.78 is 0. The first kappa shape index (κ1) is 19.7. The van der Waals surface area contributed by atoms with Gasteiger partial charge in [0.15, 0.2) is 0 Å². The molecule has 0 spiro atoms. The molecule has 0 bridgehead atoms. The average Bonchev–Trinajstić information content (AvgIpc) is 2.79. The molecule has 5 heteroatoms. The van der Waals surface area contributed by atoms with Crippen LogP contribution in [0.15, 0.2) is 73.2 Å². The molecule has 0 aliphatic rings. The molecule has 0 radical (unpaired) electrons. The quantitative estimate of drug-likeness (QED) is 0.476. The van der Waals surface area contributed by atoms with E-state index in [9.17, 15) is 0 Å². The molecule has 0 amide bonds. The molecule has 0 aliphatic heterocycles. The summed E-state index contributed by atoms with van der Waals surface area (Å²) in [6, 6.07) is 18.5. The van der Waals surface area contributed by atoms with Crippen molar-refractivity contribution < 1.29 is 0 Å². The summed E-state index contributed by atoms with van der Waals surface area (Å²) in [6.07, 6.45) is 5.56. The lowest BCUT2D eigenvalue weighted by atomic mass is 9.98. The lowest BCUT2D eigenvalue weighted by Gasteiger charge is -2.11. The summed E-state index contributed by atoms with van der Waals surface area (Å²) in [5, 5.41) is 3.32. The fraction of sp³-hybridized carbons (Fsp3) is 0.160. The van der Waals surface area contributed by atoms with Crippen LogP contribution in [0.3, 0.4) is 0 Å². The van der Waals surface area contributed by atoms with Gasteiger partial charge in [0, 0.05) is 42.8 Å². The Morgan fingerprint density at radius 2 is 1.67 bits per heavy atom. The first-order valence-electron chi connectivity index (χ1n) is 10.1. The predicted octanol–water partition coefficient (Wildman–Crippen LogP) is 5.07. The maximum atomic E-state index is 5.87. The van der Waals surface area contributed by atoms with Gasteiger partial charge >= 0.3 is 0 Å². The van der Waals surface area contributed by atoms with Gasteiger partial charge in [-0.2, -0.15) is 0 Å². The zero-order valence-corrected chi connectivity index (χ0v) is 17.3. The van der Waals surface area contributed by atoms with E-state index < -0.39 is 0 Å². The van der Waals surface area contributed by atoms with Crippen molar-refractivity contribution in [3.8, 4) is 33.6 Å². The van der Waals surface area contributed by atoms with Crippen molar-refractivity contribution in [3.05, 3.63) is 84.3 Å². The van der Waals surface area contributed by atoms with E-state index in [2.05, 4.69) is 65.5 Å². The third-order valence-corrected chi connectivity index (χ3v) is 4.89. The number of hydrogen-bond acceptors (Lipinski definition) is 5. The number of nitrogens with two attached hydrogens (primary N) is 1. The van der Waals surface area contributed by atoms with Crippen molar-refractivity contribution in [2.75, 3.05) is 11.9 Å². The van der Waals surface area contributed by atoms with Gasteiger partial charge in [0.2, 0.25) is 0 Å². The van der Waals surface area contributed by atoms with Gasteiger partial charge in [-0.05, 0) is 66.9 Å². The Bertz CT molecular complexity index is 1160. The highest BCUT2D eigenvalue weighted by atomic mass is 15.0. The Labute approximate surface area is 177 Å². The first-order valence-corrected chi connectivity index (χ1v) is 10.1. The summed E-state index contributed by atoms with van der Waals surface area (Å²) >= 11 is 0. The van der Waals surface area contributed by atoms with E-state index in [-0.39, 0.29) is 0 Å². The van der Waals surface area contributed by atoms with Gasteiger partial charge in [0.05, 0.1) is 11.4 Å². The molecular formula is C25H25N5. The minimum atomic E-state index is 0.519. The van der Waals surface area contributed by atoms with Gasteiger partial charge in [-0.25, -0.2) is 4.98 Å². The molecule has 150 valence electrons. The van der Waals surface area contributed by atoms with E-state index >= 15 is 0 Å². The molecule has 3 N–H and O–H groups in total. The Hall–Kier alpha value is -3.57. The highest BCUT2D eigenvalue weighted by Crippen LogP contribution is 2.30. The lowest BCUT2D eigenvalue weighted by Crippen LogP contribution is -2.01. The van der Waals surface area contributed by atoms with E-state index in [0.717, 1.165) is 51.6 Å². The number of benzene rings is 1. The maximum absolute atomic E-state index is 5.87. The van der Waals surface area contributed by atoms with Crippen molar-refractivity contribution in [2.45, 2.75) is 20.4 Å². The van der Waals surface area contributed by atoms with Crippen LogP contribution in [0.1, 0.15) is 18.1 Å². The van der Waals surface area contributed by atoms with Gasteiger partial charge in [-0.15, -0.1) is 0 Å². The number of rotatable bonds is 6. The molecule has 0 aliphatic carbocycles. The summed E-state index contributed by atoms with van der Waals surface area (Å²) in [5.74, 6) is 0.821. The second kappa shape index (κ2) is 8.84. The fourth-order valence-corrected chi connectivity index (χ4v) is 3.52. The molecule has 0 unspecified atom stereocenters. The molecule has 0 saturated heterocycles. The summed E-state index contributed by atoms with van der Waals surface area (Å²) in [7, 11) is 0. The molecular weight excluding hydrogens is 370 g/mol. The standard InChI is InChI=1S/C25H25N5/c1-3-28-25-13-20(12-24(30-25)23-6-4-5-7-29-23)22-11-21(15-27-16-22)19-9-17(2)8-18(10-19)14-26/h4-13,15-16H,3,14,26H2,1-2H3,(H,28,30). The summed E-state index contributed by atoms with van der Waals surface area (Å²) in [5.41, 5.74) is 14.1. The van der Waals surface area contributed by atoms with Crippen LogP contribution in [0.25, 0.3) is 33.6 Å². The number of aromatic nitrogens is 3. The fourth-order valence-electron chi connectivity index (χ4n) is 3.52. The SMILES string of the molecule is CCNc1cc(-c2cncc(-c3cc(C)cc(CN)c3)c2)cc(-c2ccccn2)n1. The molecule has 3 heterocycles. The number of aryl methyl sites for hydroxylation is 1. The topological polar surface area (TPSA) is 76.7 Å². The third kappa shape index (κ3) is 4.36. The summed E-state index contributed by atoms with van der Waals surface area (Å²) in [4.78, 5) is 13.7. The Kier molecular flexibility index (Phi) is 5.82. The van der Waals surface area contributed by atoms with Crippen molar-refractivity contribution in [1.82, 2.24) is 15.0 Å². The van der Waals surface area contributed by atoms with Gasteiger partial charge in [0.25, 0.3) is 0 Å². The Morgan fingerprint density at radius 1 is 0.867 bits per heavy atom. The van der Waals surface area contributed by atoms with Crippen molar-refractivity contribution in [1.29, 1.82) is 0 Å². The molecule has 0 atom stereocenters. The molecule has 30 heavy (non-hydrogen) atoms. The molecule has 3 aromatic heterocycles. The third-order valence-electron chi connectivity index (χ3n) is 4.89. The lowest BCUT2D eigenvalue weighted by molar-refractivity contribution is 1.07. The number of pyridine rings is 3. The highest BCUT2D eigenvalue weighted by Gasteiger charge is 2.10. The largest absolute Gasteiger partial charge is 0.370 e. The molecule has 5 nitrogen and oxygen atoms in total. The van der Waals surface area contributed by atoms with Crippen LogP contribution in [-0.4, -0.2) is 21.5 Å². The van der Waals surface area contributed by atoms with Gasteiger partial charge in [0.1, 0.15) is 5.82 Å². The van der Waals surface area contributed by atoms with Crippen LogP contribution in [0.5, 0.6) is 0 Å². The van der Waals surface area contributed by atoms with E-state index in [0.29, 0.717) is 6.54 Å². The average molecular weight is 396 g/mol. The first-order chi connectivity index (χ1) is 14.7. The Morgan fingerprint density at radius 3 is 2.37 bits per heavy atom. The normalized spacial score (nSPS) is 10.8. The molecule has 1 aromatic carbocycles. The van der Waals surface area contributed by atoms with Gasteiger partial charge < -0.3 is 11.1 Å². The van der Waals surface area contributed by atoms with Crippen LogP contribution in [0, 0.1) is 6.92 Å². The van der Waals surface area contributed by atoms with Gasteiger partial charge in [-0.3, -0.25) is 9.97 Å². The van der Waals surface area contributed by atoms with Crippen molar-refractivity contribution in [2.24, 2.45) is 5.73 Å². The summed E-state index contributed by atoms with van der Waals surface area (Å²) in [6.45, 7) is 5.46. The zero-order valence-electron chi connectivity index (χ0n) is 17.3. The molecule has 0 fully saturated rings. The molecule has 0 saturated carbocycles. The second-order valence-electron chi connectivity index (χ2n) is 7.25. The monoisotopic (exact) mass is 395 g/mol. The predicted molar refractivity (Wildman–Crippen MR) is 123 cm³/mol. The number of anilines is 1. The van der Waals surface area contributed by atoms with Crippen molar-refractivity contribution in [3.63, 3.8) is 0 Å². The van der Waals surface area contributed by atoms with Crippen molar-refractivity contribution >= 4 is 5.82 Å². The number of hydrogen-bond donors (Lipinski definition) is 2. The molecule has 4 rings (SSSR count). The van der Waals surface area contributed by atoms with Gasteiger partial charge in [-0.1, -0.05) is 23.8 Å². The second-order valence-corrected chi connectivity index (χ2v) is 7.25. The maximum Gasteiger partial charge on any atom is 0.127 e. The Balaban J connectivity index is 1.80. The van der Waals surface area contributed by atoms with E-state index in [4.69, 9.17) is 10.7 Å². The van der Waals surface area contributed by atoms with Crippen LogP contribution >= 0.6 is 0 Å². The van der Waals surface area contributed by atoms with Crippen LogP contribution < -0.4 is 11.1 Å². The zero-order chi connectivity index (χ0) is 20.9. The highest BCUT2D eigenvalue weighted by molar-refractivity contribution is 5.76. The minimum absolute atomic E-state index is 0.519. The van der Waals surface area contributed by atoms with Crippen LogP contribution in [0.2, 0.25) is 0 Å². The minimum Gasteiger partial charge on any atom is -0.370 e. The molecule has 4 aromatic rings. The van der Waals surface area contributed by atoms with E-state index in [1.54, 1.807) is 6.20 Å². The number of nitrogens with one attached hydrogen (secondary N) is 1. The van der Waals surface area contributed by atoms with Crippen LogP contribution in [0.4, 0.5) is 5.82 Å². The van der Waals surface area contributed by atoms with E-state index in [1.807, 2.05) is 30.6 Å². The smallest absolute Gasteiger partial charge is 0.127 e.